The maximum absolute atomic E-state index is 12.7. The number of aromatic nitrogens is 4. The van der Waals surface area contributed by atoms with E-state index >= 15 is 0 Å². The van der Waals surface area contributed by atoms with Crippen molar-refractivity contribution in [2.24, 2.45) is 0 Å². The van der Waals surface area contributed by atoms with E-state index in [9.17, 15) is 17.2 Å². The zero-order valence-electron chi connectivity index (χ0n) is 14.2. The Morgan fingerprint density at radius 2 is 1.82 bits per heavy atom. The van der Waals surface area contributed by atoms with Crippen molar-refractivity contribution in [2.75, 3.05) is 18.9 Å². The fourth-order valence-corrected chi connectivity index (χ4v) is 3.50. The molecule has 3 rings (SSSR count). The molecule has 0 spiro atoms. The molecule has 0 bridgehead atoms. The average molecular weight is 436 g/mol. The predicted molar refractivity (Wildman–Crippen MR) is 93.7 cm³/mol. The maximum Gasteiger partial charge on any atom is 0.387 e. The molecule has 0 unspecified atom stereocenters. The smallest absolute Gasteiger partial charge is 0.387 e. The van der Waals surface area contributed by atoms with E-state index in [4.69, 9.17) is 21.1 Å². The summed E-state index contributed by atoms with van der Waals surface area (Å²) in [5.74, 6) is -1.99. The topological polar surface area (TPSA) is 128 Å². The zero-order chi connectivity index (χ0) is 20.5. The van der Waals surface area contributed by atoms with Crippen LogP contribution in [-0.2, 0) is 10.0 Å². The average Bonchev–Trinajstić information content (AvgIpc) is 3.05. The monoisotopic (exact) mass is 435 g/mol. The highest BCUT2D eigenvalue weighted by atomic mass is 35.5. The van der Waals surface area contributed by atoms with Crippen molar-refractivity contribution >= 4 is 38.5 Å². The Hall–Kier alpha value is -2.93. The number of nitrogens with zero attached hydrogens (tertiary/aromatic N) is 3. The van der Waals surface area contributed by atoms with Gasteiger partial charge in [-0.25, -0.2) is 4.72 Å². The minimum absolute atomic E-state index is 0.272. The highest BCUT2D eigenvalue weighted by Crippen LogP contribution is 2.36. The minimum atomic E-state index is -4.26. The molecule has 0 aliphatic heterocycles. The first-order valence-corrected chi connectivity index (χ1v) is 9.22. The van der Waals surface area contributed by atoms with Crippen LogP contribution in [0.4, 0.5) is 14.7 Å². The summed E-state index contributed by atoms with van der Waals surface area (Å²) in [5.41, 5.74) is 0.393. The molecule has 0 atom stereocenters. The Kier molecular flexibility index (Phi) is 5.38. The van der Waals surface area contributed by atoms with Gasteiger partial charge in [0.25, 0.3) is 21.8 Å². The van der Waals surface area contributed by atoms with Gasteiger partial charge in [-0.3, -0.25) is 5.10 Å². The van der Waals surface area contributed by atoms with Crippen LogP contribution in [0.15, 0.2) is 23.2 Å². The number of fused-ring (bicyclic) bond motifs is 1. The summed E-state index contributed by atoms with van der Waals surface area (Å²) in [7, 11) is -2.00. The van der Waals surface area contributed by atoms with Gasteiger partial charge in [-0.2, -0.15) is 32.3 Å². The minimum Gasteiger partial charge on any atom is -0.478 e. The summed E-state index contributed by atoms with van der Waals surface area (Å²) in [6, 6.07) is 4.47. The Bertz CT molecular complexity index is 1100. The van der Waals surface area contributed by atoms with E-state index in [1.165, 1.54) is 18.2 Å². The molecule has 0 aliphatic rings. The van der Waals surface area contributed by atoms with Crippen LogP contribution in [0, 0.1) is 0 Å². The van der Waals surface area contributed by atoms with Crippen LogP contribution in [0.1, 0.15) is 0 Å². The van der Waals surface area contributed by atoms with E-state index in [0.717, 1.165) is 14.2 Å². The number of H-pyrrole nitrogens is 1. The molecule has 2 heterocycles. The molecule has 14 heteroatoms. The zero-order valence-corrected chi connectivity index (χ0v) is 15.8. The summed E-state index contributed by atoms with van der Waals surface area (Å²) >= 11 is 5.86. The largest absolute Gasteiger partial charge is 0.478 e. The number of ether oxygens (including phenoxy) is 3. The van der Waals surface area contributed by atoms with Crippen molar-refractivity contribution in [1.29, 1.82) is 0 Å². The van der Waals surface area contributed by atoms with E-state index < -0.39 is 40.1 Å². The van der Waals surface area contributed by atoms with Crippen molar-refractivity contribution in [3.63, 3.8) is 0 Å². The van der Waals surface area contributed by atoms with E-state index in [1.54, 1.807) is 0 Å². The molecule has 28 heavy (non-hydrogen) atoms. The summed E-state index contributed by atoms with van der Waals surface area (Å²) in [6.07, 6.45) is 0. The lowest BCUT2D eigenvalue weighted by Gasteiger charge is -2.13. The van der Waals surface area contributed by atoms with Gasteiger partial charge in [-0.05, 0) is 18.2 Å². The van der Waals surface area contributed by atoms with Gasteiger partial charge in [-0.1, -0.05) is 11.6 Å². The number of hydrogen-bond acceptors (Lipinski definition) is 8. The van der Waals surface area contributed by atoms with Crippen LogP contribution in [0.3, 0.4) is 0 Å². The van der Waals surface area contributed by atoms with Crippen molar-refractivity contribution in [1.82, 2.24) is 20.2 Å². The van der Waals surface area contributed by atoms with Crippen LogP contribution in [0.5, 0.6) is 17.5 Å². The molecular weight excluding hydrogens is 424 g/mol. The van der Waals surface area contributed by atoms with Crippen LogP contribution in [0.25, 0.3) is 10.9 Å². The second kappa shape index (κ2) is 7.59. The van der Waals surface area contributed by atoms with Gasteiger partial charge < -0.3 is 14.2 Å². The highest BCUT2D eigenvalue weighted by molar-refractivity contribution is 7.92. The third-order valence-electron chi connectivity index (χ3n) is 3.37. The second-order valence-electron chi connectivity index (χ2n) is 5.10. The molecular formula is C14H12ClF2N5O5S. The first kappa shape index (κ1) is 19.8. The van der Waals surface area contributed by atoms with Crippen LogP contribution in [-0.4, -0.2) is 49.4 Å². The fourth-order valence-electron chi connectivity index (χ4n) is 2.26. The SMILES string of the molecule is COc1nc(NS(=O)(=O)c2n[nH]c3cc(Cl)ccc23)nc(OC)c1OC(F)F. The molecule has 2 aromatic heterocycles. The molecule has 0 amide bonds. The number of alkyl halides is 2. The normalized spacial score (nSPS) is 11.6. The van der Waals surface area contributed by atoms with Crippen LogP contribution >= 0.6 is 11.6 Å². The molecule has 0 saturated heterocycles. The Labute approximate surface area is 161 Å². The molecule has 1 aromatic carbocycles. The molecule has 150 valence electrons. The van der Waals surface area contributed by atoms with Crippen molar-refractivity contribution < 1.29 is 31.4 Å². The molecule has 0 fully saturated rings. The lowest BCUT2D eigenvalue weighted by Crippen LogP contribution is -2.17. The van der Waals surface area contributed by atoms with Crippen LogP contribution < -0.4 is 18.9 Å². The first-order valence-electron chi connectivity index (χ1n) is 7.36. The molecule has 2 N–H and O–H groups in total. The summed E-state index contributed by atoms with van der Waals surface area (Å²) in [5, 5.41) is 6.64. The number of anilines is 1. The van der Waals surface area contributed by atoms with Gasteiger partial charge in [0.15, 0.2) is 0 Å². The van der Waals surface area contributed by atoms with Gasteiger partial charge in [0.1, 0.15) is 0 Å². The Balaban J connectivity index is 2.01. The number of nitrogens with one attached hydrogen (secondary N) is 2. The van der Waals surface area contributed by atoms with Crippen molar-refractivity contribution in [3.05, 3.63) is 23.2 Å². The van der Waals surface area contributed by atoms with Gasteiger partial charge >= 0.3 is 6.61 Å². The fraction of sp³-hybridized carbons (Fsp3) is 0.214. The molecule has 10 nitrogen and oxygen atoms in total. The number of halogens is 3. The summed E-state index contributed by atoms with van der Waals surface area (Å²) in [4.78, 5) is 7.44. The molecule has 0 radical (unpaired) electrons. The van der Waals surface area contributed by atoms with Gasteiger partial charge in [0.05, 0.1) is 19.7 Å². The van der Waals surface area contributed by atoms with Gasteiger partial charge in [-0.15, -0.1) is 0 Å². The van der Waals surface area contributed by atoms with E-state index in [1.807, 2.05) is 0 Å². The van der Waals surface area contributed by atoms with E-state index in [2.05, 4.69) is 29.6 Å². The number of rotatable bonds is 7. The summed E-state index contributed by atoms with van der Waals surface area (Å²) < 4.78 is 66.6. The Morgan fingerprint density at radius 1 is 1.18 bits per heavy atom. The van der Waals surface area contributed by atoms with E-state index in [-0.39, 0.29) is 10.4 Å². The molecule has 3 aromatic rings. The Morgan fingerprint density at radius 3 is 2.39 bits per heavy atom. The molecule has 0 aliphatic carbocycles. The van der Waals surface area contributed by atoms with Crippen molar-refractivity contribution in [2.45, 2.75) is 11.6 Å². The molecule has 0 saturated carbocycles. The second-order valence-corrected chi connectivity index (χ2v) is 7.13. The number of benzene rings is 1. The maximum atomic E-state index is 12.7. The third-order valence-corrected chi connectivity index (χ3v) is 4.87. The predicted octanol–water partition coefficient (Wildman–Crippen LogP) is 2.43. The lowest BCUT2D eigenvalue weighted by molar-refractivity contribution is -0.0533. The number of methoxy groups -OCH3 is 2. The quantitative estimate of drug-likeness (QED) is 0.579. The first-order chi connectivity index (χ1) is 13.2. The van der Waals surface area contributed by atoms with Gasteiger partial charge in [0.2, 0.25) is 16.7 Å². The third kappa shape index (κ3) is 3.84. The van der Waals surface area contributed by atoms with E-state index in [0.29, 0.717) is 10.5 Å². The van der Waals surface area contributed by atoms with Crippen molar-refractivity contribution in [3.8, 4) is 17.5 Å². The lowest BCUT2D eigenvalue weighted by atomic mass is 10.3. The highest BCUT2D eigenvalue weighted by Gasteiger charge is 2.26. The number of aromatic amines is 1. The standard InChI is InChI=1S/C14H12ClF2N5O5S/c1-25-10-9(27-13(16)17)11(26-2)19-14(18-10)22-28(23,24)12-7-4-3-6(15)5-8(7)20-21-12/h3-5,13H,1-2H3,(H,20,21)(H,18,19,22). The van der Waals surface area contributed by atoms with Crippen LogP contribution in [0.2, 0.25) is 5.02 Å². The van der Waals surface area contributed by atoms with Gasteiger partial charge in [0, 0.05) is 10.4 Å². The summed E-state index contributed by atoms with van der Waals surface area (Å²) in [6.45, 7) is -3.20. The number of sulfonamides is 1. The number of hydrogen-bond donors (Lipinski definition) is 2.